The first kappa shape index (κ1) is 13.0. The Kier molecular flexibility index (Phi) is 3.75. The average molecular weight is 258 g/mol. The molecular formula is C14H11FN2O2. The third-order valence-corrected chi connectivity index (χ3v) is 2.71. The van der Waals surface area contributed by atoms with E-state index < -0.39 is 23.3 Å². The highest BCUT2D eigenvalue weighted by Crippen LogP contribution is 2.15. The molecule has 0 spiro atoms. The highest BCUT2D eigenvalue weighted by molar-refractivity contribution is 6.14. The van der Waals surface area contributed by atoms with Crippen molar-refractivity contribution in [2.24, 2.45) is 5.92 Å². The Balaban J connectivity index is 2.26. The topological polar surface area (TPSA) is 59.9 Å². The number of ketones is 2. The molecule has 0 saturated heterocycles. The fraction of sp³-hybridized carbons (Fsp3) is 0.143. The van der Waals surface area contributed by atoms with Gasteiger partial charge in [0.1, 0.15) is 5.82 Å². The molecule has 1 heterocycles. The second kappa shape index (κ2) is 5.48. The number of benzene rings is 1. The van der Waals surface area contributed by atoms with E-state index in [-0.39, 0.29) is 11.4 Å². The number of rotatable bonds is 4. The lowest BCUT2D eigenvalue weighted by molar-refractivity contribution is 0.0812. The van der Waals surface area contributed by atoms with Crippen molar-refractivity contribution in [1.82, 2.24) is 9.97 Å². The van der Waals surface area contributed by atoms with E-state index in [1.807, 2.05) is 0 Å². The predicted molar refractivity (Wildman–Crippen MR) is 66.3 cm³/mol. The van der Waals surface area contributed by atoms with Crippen LogP contribution in [-0.2, 0) is 0 Å². The average Bonchev–Trinajstić information content (AvgIpc) is 2.46. The van der Waals surface area contributed by atoms with Crippen LogP contribution in [0.5, 0.6) is 0 Å². The van der Waals surface area contributed by atoms with Gasteiger partial charge < -0.3 is 0 Å². The zero-order valence-corrected chi connectivity index (χ0v) is 10.2. The van der Waals surface area contributed by atoms with Crippen molar-refractivity contribution in [1.29, 1.82) is 0 Å². The van der Waals surface area contributed by atoms with E-state index in [0.717, 1.165) is 0 Å². The lowest BCUT2D eigenvalue weighted by Gasteiger charge is -2.08. The molecule has 1 atom stereocenters. The fourth-order valence-corrected chi connectivity index (χ4v) is 1.63. The van der Waals surface area contributed by atoms with Crippen LogP contribution in [0.15, 0.2) is 42.7 Å². The highest BCUT2D eigenvalue weighted by Gasteiger charge is 2.27. The maximum Gasteiger partial charge on any atom is 0.210 e. The molecule has 0 aliphatic carbocycles. The summed E-state index contributed by atoms with van der Waals surface area (Å²) in [4.78, 5) is 31.6. The van der Waals surface area contributed by atoms with Crippen molar-refractivity contribution in [3.63, 3.8) is 0 Å². The van der Waals surface area contributed by atoms with Crippen molar-refractivity contribution in [3.05, 3.63) is 59.9 Å². The van der Waals surface area contributed by atoms with Crippen molar-refractivity contribution < 1.29 is 14.0 Å². The highest BCUT2D eigenvalue weighted by atomic mass is 19.1. The molecule has 4 nitrogen and oxygen atoms in total. The first-order chi connectivity index (χ1) is 9.11. The lowest BCUT2D eigenvalue weighted by Crippen LogP contribution is -2.23. The number of aromatic nitrogens is 2. The third kappa shape index (κ3) is 2.70. The molecule has 0 aliphatic rings. The summed E-state index contributed by atoms with van der Waals surface area (Å²) < 4.78 is 13.5. The molecule has 0 amide bonds. The van der Waals surface area contributed by atoms with Gasteiger partial charge in [-0.3, -0.25) is 9.59 Å². The summed E-state index contributed by atoms with van der Waals surface area (Å²) in [5.41, 5.74) is -0.0979. The number of hydrogen-bond acceptors (Lipinski definition) is 4. The minimum atomic E-state index is -1.01. The molecule has 19 heavy (non-hydrogen) atoms. The largest absolute Gasteiger partial charge is 0.293 e. The van der Waals surface area contributed by atoms with Crippen molar-refractivity contribution in [3.8, 4) is 0 Å². The zero-order chi connectivity index (χ0) is 13.8. The lowest BCUT2D eigenvalue weighted by atomic mass is 9.94. The maximum atomic E-state index is 13.5. The van der Waals surface area contributed by atoms with Gasteiger partial charge in [-0.25, -0.2) is 14.4 Å². The van der Waals surface area contributed by atoms with Crippen LogP contribution in [0, 0.1) is 11.7 Å². The molecule has 5 heteroatoms. The Labute approximate surface area is 109 Å². The zero-order valence-electron chi connectivity index (χ0n) is 10.2. The molecular weight excluding hydrogens is 247 g/mol. The van der Waals surface area contributed by atoms with E-state index in [1.165, 1.54) is 37.5 Å². The van der Waals surface area contributed by atoms with Gasteiger partial charge in [-0.15, -0.1) is 0 Å². The van der Waals surface area contributed by atoms with Crippen molar-refractivity contribution in [2.75, 3.05) is 0 Å². The molecule has 1 aromatic heterocycles. The van der Waals surface area contributed by atoms with Crippen LogP contribution in [0.4, 0.5) is 4.39 Å². The van der Waals surface area contributed by atoms with Crippen LogP contribution < -0.4 is 0 Å². The van der Waals surface area contributed by atoms with E-state index >= 15 is 0 Å². The first-order valence-electron chi connectivity index (χ1n) is 5.71. The maximum absolute atomic E-state index is 13.5. The van der Waals surface area contributed by atoms with Gasteiger partial charge in [0.25, 0.3) is 0 Å². The van der Waals surface area contributed by atoms with Crippen LogP contribution in [0.3, 0.4) is 0 Å². The summed E-state index contributed by atoms with van der Waals surface area (Å²) in [5.74, 6) is -2.79. The van der Waals surface area contributed by atoms with E-state index in [2.05, 4.69) is 9.97 Å². The third-order valence-electron chi connectivity index (χ3n) is 2.71. The van der Waals surface area contributed by atoms with Gasteiger partial charge in [0.05, 0.1) is 11.5 Å². The molecule has 2 aromatic rings. The summed E-state index contributed by atoms with van der Waals surface area (Å²) in [6.07, 6.45) is 2.83. The molecule has 0 radical (unpaired) electrons. The van der Waals surface area contributed by atoms with Gasteiger partial charge in [0.15, 0.2) is 11.6 Å². The number of nitrogens with zero attached hydrogens (tertiary/aromatic N) is 2. The number of halogens is 1. The summed E-state index contributed by atoms with van der Waals surface area (Å²) in [6, 6.07) is 7.14. The van der Waals surface area contributed by atoms with Gasteiger partial charge in [0.2, 0.25) is 5.78 Å². The molecule has 2 rings (SSSR count). The minimum absolute atomic E-state index is 0.0420. The molecule has 1 unspecified atom stereocenters. The second-order valence-electron chi connectivity index (χ2n) is 4.00. The molecule has 1 aromatic carbocycles. The molecule has 0 aliphatic heterocycles. The Hall–Kier alpha value is -2.43. The summed E-state index contributed by atoms with van der Waals surface area (Å²) in [7, 11) is 0. The number of hydrogen-bond donors (Lipinski definition) is 0. The van der Waals surface area contributed by atoms with Crippen molar-refractivity contribution >= 4 is 11.6 Å². The molecule has 0 N–H and O–H groups in total. The Bertz CT molecular complexity index is 614. The van der Waals surface area contributed by atoms with Crippen LogP contribution >= 0.6 is 0 Å². The van der Waals surface area contributed by atoms with Crippen LogP contribution in [0.25, 0.3) is 0 Å². The summed E-state index contributed by atoms with van der Waals surface area (Å²) in [6.45, 7) is 1.42. The summed E-state index contributed by atoms with van der Waals surface area (Å²) in [5, 5.41) is 0. The molecule has 0 saturated carbocycles. The Morgan fingerprint density at radius 2 is 1.68 bits per heavy atom. The van der Waals surface area contributed by atoms with Gasteiger partial charge in [0, 0.05) is 12.4 Å². The predicted octanol–water partition coefficient (Wildman–Crippen LogP) is 2.32. The molecule has 0 bridgehead atoms. The SMILES string of the molecule is CC(C(=O)c1ncccn1)C(=O)c1ccccc1F. The Morgan fingerprint density at radius 3 is 2.32 bits per heavy atom. The monoisotopic (exact) mass is 258 g/mol. The van der Waals surface area contributed by atoms with Crippen molar-refractivity contribution in [2.45, 2.75) is 6.92 Å². The molecule has 96 valence electrons. The molecule has 0 fully saturated rings. The fourth-order valence-electron chi connectivity index (χ4n) is 1.63. The van der Waals surface area contributed by atoms with E-state index in [4.69, 9.17) is 0 Å². The Morgan fingerprint density at radius 1 is 1.05 bits per heavy atom. The van der Waals surface area contributed by atoms with E-state index in [9.17, 15) is 14.0 Å². The second-order valence-corrected chi connectivity index (χ2v) is 4.00. The minimum Gasteiger partial charge on any atom is -0.293 e. The number of Topliss-reactive ketones (excluding diaryl/α,β-unsaturated/α-hetero) is 2. The summed E-state index contributed by atoms with van der Waals surface area (Å²) >= 11 is 0. The first-order valence-corrected chi connectivity index (χ1v) is 5.71. The van der Waals surface area contributed by atoms with Gasteiger partial charge in [-0.1, -0.05) is 12.1 Å². The normalized spacial score (nSPS) is 11.9. The quantitative estimate of drug-likeness (QED) is 0.623. The standard InChI is InChI=1S/C14H11FN2O2/c1-9(13(19)14-16-7-4-8-17-14)12(18)10-5-2-3-6-11(10)15/h2-9H,1H3. The number of carbonyl (C=O) groups excluding carboxylic acids is 2. The van der Waals surface area contributed by atoms with Crippen LogP contribution in [0.2, 0.25) is 0 Å². The van der Waals surface area contributed by atoms with E-state index in [0.29, 0.717) is 0 Å². The van der Waals surface area contributed by atoms with Gasteiger partial charge >= 0.3 is 0 Å². The van der Waals surface area contributed by atoms with E-state index in [1.54, 1.807) is 12.1 Å². The van der Waals surface area contributed by atoms with Crippen LogP contribution in [0.1, 0.15) is 27.9 Å². The smallest absolute Gasteiger partial charge is 0.210 e. The number of carbonyl (C=O) groups is 2. The van der Waals surface area contributed by atoms with Gasteiger partial charge in [-0.2, -0.15) is 0 Å². The van der Waals surface area contributed by atoms with Gasteiger partial charge in [-0.05, 0) is 25.1 Å². The van der Waals surface area contributed by atoms with Crippen LogP contribution in [-0.4, -0.2) is 21.5 Å².